The molecule has 0 saturated heterocycles. The van der Waals surface area contributed by atoms with Gasteiger partial charge in [-0.2, -0.15) is 0 Å². The van der Waals surface area contributed by atoms with E-state index in [9.17, 15) is 9.36 Å². The van der Waals surface area contributed by atoms with Gasteiger partial charge in [0.05, 0.1) is 20.3 Å². The van der Waals surface area contributed by atoms with Crippen LogP contribution in [-0.4, -0.2) is 13.0 Å². The number of ether oxygens (including phenoxy) is 1. The van der Waals surface area contributed by atoms with Gasteiger partial charge in [0.25, 0.3) is 0 Å². The molecule has 0 aliphatic heterocycles. The molecule has 0 heterocycles. The van der Waals surface area contributed by atoms with Gasteiger partial charge in [-0.15, -0.1) is 0 Å². The number of amides is 1. The molecule has 7 nitrogen and oxygen atoms in total. The van der Waals surface area contributed by atoms with Gasteiger partial charge in [0.15, 0.2) is 11.5 Å². The quantitative estimate of drug-likeness (QED) is 0.127. The zero-order valence-corrected chi connectivity index (χ0v) is 23.9. The molecule has 0 aromatic heterocycles. The molecule has 0 atom stereocenters. The maximum Gasteiger partial charge on any atom is 0.530 e. The van der Waals surface area contributed by atoms with Crippen molar-refractivity contribution < 1.29 is 27.7 Å². The summed E-state index contributed by atoms with van der Waals surface area (Å²) in [6.45, 7) is 2.66. The Bertz CT molecular complexity index is 1120. The van der Waals surface area contributed by atoms with E-state index in [0.717, 1.165) is 29.5 Å². The topological polar surface area (TPSA) is 83.1 Å². The first-order valence-corrected chi connectivity index (χ1v) is 15.1. The number of phosphoric acid groups is 1. The van der Waals surface area contributed by atoms with Crippen LogP contribution < -0.4 is 14.6 Å². The first-order chi connectivity index (χ1) is 19.0. The molecule has 0 unspecified atom stereocenters. The van der Waals surface area contributed by atoms with E-state index in [0.29, 0.717) is 18.7 Å². The van der Waals surface area contributed by atoms with Crippen molar-refractivity contribution in [2.75, 3.05) is 7.11 Å². The van der Waals surface area contributed by atoms with Gasteiger partial charge in [0.1, 0.15) is 0 Å². The highest BCUT2D eigenvalue weighted by Gasteiger charge is 2.30. The average molecular weight is 554 g/mol. The SMILES string of the molecule is CCCCCCCCC(=O)NCc1ccc(OP(=O)(OCc2ccccc2)OCc2ccccc2)c(OC)c1. The van der Waals surface area contributed by atoms with Gasteiger partial charge in [0, 0.05) is 13.0 Å². The molecule has 0 spiro atoms. The van der Waals surface area contributed by atoms with Crippen molar-refractivity contribution in [3.8, 4) is 11.5 Å². The second-order valence-corrected chi connectivity index (χ2v) is 10.9. The van der Waals surface area contributed by atoms with Crippen LogP contribution in [0.15, 0.2) is 78.9 Å². The number of benzene rings is 3. The van der Waals surface area contributed by atoms with Crippen LogP contribution in [-0.2, 0) is 38.2 Å². The molecule has 210 valence electrons. The van der Waals surface area contributed by atoms with Crippen LogP contribution in [0.1, 0.15) is 68.6 Å². The van der Waals surface area contributed by atoms with Gasteiger partial charge in [-0.25, -0.2) is 4.57 Å². The second kappa shape index (κ2) is 16.8. The number of unbranched alkanes of at least 4 members (excludes halogenated alkanes) is 5. The van der Waals surface area contributed by atoms with Crippen molar-refractivity contribution in [3.63, 3.8) is 0 Å². The summed E-state index contributed by atoms with van der Waals surface area (Å²) < 4.78 is 36.5. The van der Waals surface area contributed by atoms with E-state index in [1.54, 1.807) is 18.2 Å². The molecule has 0 fully saturated rings. The van der Waals surface area contributed by atoms with Gasteiger partial charge < -0.3 is 14.6 Å². The standard InChI is InChI=1S/C31H40NO6P/c1-3-4-5-6-7-14-19-31(33)32-23-28-20-21-29(30(22-28)35-2)38-39(34,36-24-26-15-10-8-11-16-26)37-25-27-17-12-9-13-18-27/h8-13,15-18,20-22H,3-7,14,19,23-25H2,1-2H3,(H,32,33). The van der Waals surface area contributed by atoms with Crippen LogP contribution >= 0.6 is 7.82 Å². The van der Waals surface area contributed by atoms with Gasteiger partial charge in [-0.1, -0.05) is 106 Å². The van der Waals surface area contributed by atoms with Gasteiger partial charge in [0.2, 0.25) is 5.91 Å². The molecule has 1 N–H and O–H groups in total. The highest BCUT2D eigenvalue weighted by molar-refractivity contribution is 7.48. The Balaban J connectivity index is 1.61. The van der Waals surface area contributed by atoms with E-state index in [2.05, 4.69) is 12.2 Å². The minimum atomic E-state index is -4.03. The molecule has 0 bridgehead atoms. The second-order valence-electron chi connectivity index (χ2n) is 9.34. The third-order valence-corrected chi connectivity index (χ3v) is 7.46. The van der Waals surface area contributed by atoms with E-state index in [1.807, 2.05) is 60.7 Å². The number of nitrogens with one attached hydrogen (secondary N) is 1. The Morgan fingerprint density at radius 2 is 1.33 bits per heavy atom. The molecule has 3 aromatic rings. The maximum absolute atomic E-state index is 13.7. The fourth-order valence-electron chi connectivity index (χ4n) is 3.92. The Morgan fingerprint density at radius 3 is 1.92 bits per heavy atom. The molecule has 0 saturated carbocycles. The molecule has 0 radical (unpaired) electrons. The fraction of sp³-hybridized carbons (Fsp3) is 0.387. The number of methoxy groups -OCH3 is 1. The molecule has 0 aliphatic carbocycles. The zero-order valence-electron chi connectivity index (χ0n) is 23.0. The predicted octanol–water partition coefficient (Wildman–Crippen LogP) is 7.98. The number of hydrogen-bond donors (Lipinski definition) is 1. The summed E-state index contributed by atoms with van der Waals surface area (Å²) in [4.78, 5) is 12.3. The fourth-order valence-corrected chi connectivity index (χ4v) is 5.10. The van der Waals surface area contributed by atoms with Crippen LogP contribution in [0.2, 0.25) is 0 Å². The Labute approximate surface area is 232 Å². The van der Waals surface area contributed by atoms with Crippen LogP contribution in [0.3, 0.4) is 0 Å². The van der Waals surface area contributed by atoms with Crippen LogP contribution in [0.5, 0.6) is 11.5 Å². The predicted molar refractivity (Wildman–Crippen MR) is 154 cm³/mol. The Morgan fingerprint density at radius 1 is 0.744 bits per heavy atom. The summed E-state index contributed by atoms with van der Waals surface area (Å²) in [5, 5.41) is 2.96. The van der Waals surface area contributed by atoms with E-state index in [4.69, 9.17) is 18.3 Å². The summed E-state index contributed by atoms with van der Waals surface area (Å²) in [6.07, 6.45) is 7.36. The molecule has 3 aromatic carbocycles. The third kappa shape index (κ3) is 11.3. The lowest BCUT2D eigenvalue weighted by molar-refractivity contribution is -0.121. The largest absolute Gasteiger partial charge is 0.530 e. The molecule has 3 rings (SSSR count). The first kappa shape index (κ1) is 30.4. The smallest absolute Gasteiger partial charge is 0.493 e. The highest BCUT2D eigenvalue weighted by atomic mass is 31.2. The Kier molecular flexibility index (Phi) is 13.1. The van der Waals surface area contributed by atoms with E-state index in [1.165, 1.54) is 32.8 Å². The van der Waals surface area contributed by atoms with Crippen molar-refractivity contribution in [1.82, 2.24) is 5.32 Å². The van der Waals surface area contributed by atoms with Crippen molar-refractivity contribution >= 4 is 13.7 Å². The Hall–Kier alpha value is -3.12. The molecule has 1 amide bonds. The summed E-state index contributed by atoms with van der Waals surface area (Å²) in [6, 6.07) is 24.0. The van der Waals surface area contributed by atoms with Crippen LogP contribution in [0.4, 0.5) is 0 Å². The van der Waals surface area contributed by atoms with Crippen molar-refractivity contribution in [2.24, 2.45) is 0 Å². The molecular formula is C31H40NO6P. The third-order valence-electron chi connectivity index (χ3n) is 6.15. The lowest BCUT2D eigenvalue weighted by Gasteiger charge is -2.20. The maximum atomic E-state index is 13.7. The van der Waals surface area contributed by atoms with Crippen molar-refractivity contribution in [1.29, 1.82) is 0 Å². The highest BCUT2D eigenvalue weighted by Crippen LogP contribution is 2.52. The summed E-state index contributed by atoms with van der Waals surface area (Å²) in [7, 11) is -2.53. The summed E-state index contributed by atoms with van der Waals surface area (Å²) >= 11 is 0. The van der Waals surface area contributed by atoms with Crippen LogP contribution in [0.25, 0.3) is 0 Å². The number of phosphoric ester groups is 1. The van der Waals surface area contributed by atoms with Crippen LogP contribution in [0, 0.1) is 0 Å². The lowest BCUT2D eigenvalue weighted by atomic mass is 10.1. The molecule has 8 heteroatoms. The zero-order chi connectivity index (χ0) is 27.8. The van der Waals surface area contributed by atoms with E-state index < -0.39 is 7.82 Å². The van der Waals surface area contributed by atoms with E-state index >= 15 is 0 Å². The van der Waals surface area contributed by atoms with Gasteiger partial charge >= 0.3 is 7.82 Å². The molecule has 0 aliphatic rings. The minimum absolute atomic E-state index is 0.0258. The van der Waals surface area contributed by atoms with Crippen molar-refractivity contribution in [3.05, 3.63) is 95.6 Å². The minimum Gasteiger partial charge on any atom is -0.493 e. The number of rotatable bonds is 18. The number of carbonyl (C=O) groups is 1. The van der Waals surface area contributed by atoms with E-state index in [-0.39, 0.29) is 24.9 Å². The molecular weight excluding hydrogens is 513 g/mol. The normalized spacial score (nSPS) is 11.2. The summed E-state index contributed by atoms with van der Waals surface area (Å²) in [5.41, 5.74) is 2.51. The lowest BCUT2D eigenvalue weighted by Crippen LogP contribution is -2.22. The first-order valence-electron chi connectivity index (χ1n) is 13.6. The van der Waals surface area contributed by atoms with Gasteiger partial charge in [-0.3, -0.25) is 13.8 Å². The monoisotopic (exact) mass is 553 g/mol. The van der Waals surface area contributed by atoms with Gasteiger partial charge in [-0.05, 0) is 35.2 Å². The number of hydrogen-bond acceptors (Lipinski definition) is 6. The average Bonchev–Trinajstić information content (AvgIpc) is 2.97. The molecule has 39 heavy (non-hydrogen) atoms. The van der Waals surface area contributed by atoms with Crippen molar-refractivity contribution in [2.45, 2.75) is 71.6 Å². The number of carbonyl (C=O) groups excluding carboxylic acids is 1. The summed E-state index contributed by atoms with van der Waals surface area (Å²) in [5.74, 6) is 0.617.